The lowest BCUT2D eigenvalue weighted by Gasteiger charge is -2.21. The number of hydrogen-bond donors (Lipinski definition) is 3. The van der Waals surface area contributed by atoms with Gasteiger partial charge in [0.1, 0.15) is 19.3 Å². The number of ether oxygens (including phenoxy) is 4. The van der Waals surface area contributed by atoms with Crippen LogP contribution in [0.4, 0.5) is 0 Å². The molecule has 0 aliphatic rings. The Morgan fingerprint density at radius 1 is 0.347 bits per heavy atom. The number of carbonyl (C=O) groups is 4. The first kappa shape index (κ1) is 92.5. The average molecular weight is 1390 g/mol. The lowest BCUT2D eigenvalue weighted by molar-refractivity contribution is -0.161. The van der Waals surface area contributed by atoms with Gasteiger partial charge in [0.2, 0.25) is 0 Å². The van der Waals surface area contributed by atoms with Gasteiger partial charge in [0.05, 0.1) is 26.4 Å². The summed E-state index contributed by atoms with van der Waals surface area (Å²) in [5.41, 5.74) is 0. The zero-order chi connectivity index (χ0) is 70.1. The third-order valence-corrected chi connectivity index (χ3v) is 19.3. The van der Waals surface area contributed by atoms with Crippen LogP contribution in [-0.4, -0.2) is 96.7 Å². The monoisotopic (exact) mass is 1390 g/mol. The van der Waals surface area contributed by atoms with Crippen LogP contribution in [0.5, 0.6) is 0 Å². The molecule has 0 radical (unpaired) electrons. The number of carbonyl (C=O) groups excluding carboxylic acids is 4. The van der Waals surface area contributed by atoms with Crippen LogP contribution < -0.4 is 0 Å². The molecule has 0 aromatic heterocycles. The van der Waals surface area contributed by atoms with Gasteiger partial charge in [-0.3, -0.25) is 37.3 Å². The molecule has 0 saturated carbocycles. The molecule has 0 aliphatic heterocycles. The van der Waals surface area contributed by atoms with E-state index in [0.29, 0.717) is 31.6 Å². The maximum Gasteiger partial charge on any atom is 0.472 e. The smallest absolute Gasteiger partial charge is 0.462 e. The number of phosphoric acid groups is 2. The van der Waals surface area contributed by atoms with Gasteiger partial charge in [0.15, 0.2) is 12.2 Å². The van der Waals surface area contributed by atoms with Crippen LogP contribution in [0.3, 0.4) is 0 Å². The molecule has 0 spiro atoms. The fourth-order valence-electron chi connectivity index (χ4n) is 11.0. The number of allylic oxidation sites excluding steroid dienone is 4. The molecular weight excluding hydrogens is 1250 g/mol. The van der Waals surface area contributed by atoms with Crippen molar-refractivity contribution < 1.29 is 80.2 Å². The highest BCUT2D eigenvalue weighted by atomic mass is 31.2. The number of aliphatic hydroxyl groups is 1. The van der Waals surface area contributed by atoms with E-state index in [1.807, 2.05) is 0 Å². The van der Waals surface area contributed by atoms with Crippen molar-refractivity contribution in [1.82, 2.24) is 0 Å². The first-order valence-corrected chi connectivity index (χ1v) is 41.7. The molecule has 0 aromatic rings. The third kappa shape index (κ3) is 68.5. The summed E-state index contributed by atoms with van der Waals surface area (Å²) >= 11 is 0. The van der Waals surface area contributed by atoms with E-state index in [0.717, 1.165) is 121 Å². The van der Waals surface area contributed by atoms with E-state index in [1.165, 1.54) is 154 Å². The molecule has 0 rings (SSSR count). The number of hydrogen-bond acceptors (Lipinski definition) is 15. The molecule has 4 unspecified atom stereocenters. The SMILES string of the molecule is CCCCCC/C=C\C=C/CCCCCCCC(=O)O[C@H](COC(=O)CCCCCCCCCCC(C)CC)COP(=O)(O)OCC(O)COP(=O)(O)OC[C@@H](COC(=O)CCCCCCCCCC(C)C)OC(=O)CCCCCCCCCCCCCCCCCC(C)C. The van der Waals surface area contributed by atoms with Gasteiger partial charge in [-0.25, -0.2) is 9.13 Å². The highest BCUT2D eigenvalue weighted by molar-refractivity contribution is 7.47. The van der Waals surface area contributed by atoms with Gasteiger partial charge in [-0.2, -0.15) is 0 Å². The van der Waals surface area contributed by atoms with Crippen molar-refractivity contribution in [3.05, 3.63) is 24.3 Å². The number of rotatable bonds is 72. The van der Waals surface area contributed by atoms with Crippen LogP contribution in [0.2, 0.25) is 0 Å². The summed E-state index contributed by atoms with van der Waals surface area (Å²) in [7, 11) is -9.93. The van der Waals surface area contributed by atoms with Crippen molar-refractivity contribution in [2.45, 2.75) is 381 Å². The van der Waals surface area contributed by atoms with Crippen LogP contribution in [-0.2, 0) is 65.4 Å². The second kappa shape index (κ2) is 66.1. The summed E-state index contributed by atoms with van der Waals surface area (Å²) in [4.78, 5) is 72.8. The highest BCUT2D eigenvalue weighted by Gasteiger charge is 2.30. The molecule has 0 saturated heterocycles. The van der Waals surface area contributed by atoms with Crippen molar-refractivity contribution in [1.29, 1.82) is 0 Å². The van der Waals surface area contributed by atoms with Crippen molar-refractivity contribution in [3.63, 3.8) is 0 Å². The fraction of sp³-hybridized carbons (Fsp3) is 0.895. The maximum absolute atomic E-state index is 13.1. The number of esters is 4. The van der Waals surface area contributed by atoms with Crippen LogP contribution in [0.1, 0.15) is 363 Å². The number of phosphoric ester groups is 2. The summed E-state index contributed by atoms with van der Waals surface area (Å²) in [6, 6.07) is 0. The minimum atomic E-state index is -4.96. The maximum atomic E-state index is 13.1. The predicted molar refractivity (Wildman–Crippen MR) is 386 cm³/mol. The van der Waals surface area contributed by atoms with Crippen LogP contribution in [0.15, 0.2) is 24.3 Å². The van der Waals surface area contributed by atoms with E-state index in [1.54, 1.807) is 0 Å². The molecule has 6 atom stereocenters. The molecule has 3 N–H and O–H groups in total. The Hall–Kier alpha value is -2.46. The second-order valence-corrected chi connectivity index (χ2v) is 30.8. The predicted octanol–water partition coefficient (Wildman–Crippen LogP) is 21.7. The van der Waals surface area contributed by atoms with E-state index in [9.17, 15) is 43.2 Å². The van der Waals surface area contributed by atoms with Gasteiger partial charge in [-0.15, -0.1) is 0 Å². The topological polar surface area (TPSA) is 237 Å². The Bertz CT molecular complexity index is 1950. The van der Waals surface area contributed by atoms with E-state index < -0.39 is 97.5 Å². The Kier molecular flexibility index (Phi) is 64.4. The molecule has 95 heavy (non-hydrogen) atoms. The first-order valence-electron chi connectivity index (χ1n) is 38.7. The molecule has 0 bridgehead atoms. The molecule has 17 nitrogen and oxygen atoms in total. The second-order valence-electron chi connectivity index (χ2n) is 27.9. The Morgan fingerprint density at radius 2 is 0.621 bits per heavy atom. The van der Waals surface area contributed by atoms with Gasteiger partial charge in [0.25, 0.3) is 0 Å². The molecule has 0 fully saturated rings. The van der Waals surface area contributed by atoms with Crippen molar-refractivity contribution >= 4 is 39.5 Å². The normalized spacial score (nSPS) is 14.5. The summed E-state index contributed by atoms with van der Waals surface area (Å²) in [5, 5.41) is 10.6. The number of aliphatic hydroxyl groups excluding tert-OH is 1. The average Bonchev–Trinajstić information content (AvgIpc) is 2.48. The van der Waals surface area contributed by atoms with Crippen LogP contribution in [0.25, 0.3) is 0 Å². The standard InChI is InChI=1S/C76H144O17P2/c1-8-10-11-12-13-14-15-16-18-22-25-28-37-45-52-59-75(80)92-71(63-86-73(78)57-50-43-36-31-30-35-42-49-56-69(7)9-2)65-90-94(82,83)88-61-70(77)62-89-95(84,85)91-66-72(64-87-74(79)58-51-44-39-32-34-41-48-55-68(5)6)93-76(81)60-53-46-38-29-26-23-20-17-19-21-24-27-33-40-47-54-67(3)4/h14-16,18,67-72,77H,8-13,17,19-66H2,1-7H3,(H,82,83)(H,84,85)/b15-14-,18-16-/t69?,70?,71-,72-/m1/s1. The van der Waals surface area contributed by atoms with Gasteiger partial charge < -0.3 is 33.8 Å². The van der Waals surface area contributed by atoms with Crippen LogP contribution >= 0.6 is 15.6 Å². The lowest BCUT2D eigenvalue weighted by atomic mass is 9.99. The fourth-order valence-corrected chi connectivity index (χ4v) is 12.6. The molecule has 19 heteroatoms. The minimum Gasteiger partial charge on any atom is -0.462 e. The van der Waals surface area contributed by atoms with Gasteiger partial charge in [0, 0.05) is 25.7 Å². The van der Waals surface area contributed by atoms with Crippen LogP contribution in [0, 0.1) is 17.8 Å². The van der Waals surface area contributed by atoms with E-state index in [4.69, 9.17) is 37.0 Å². The van der Waals surface area contributed by atoms with Gasteiger partial charge in [-0.05, 0) is 69.1 Å². The Labute approximate surface area is 580 Å². The van der Waals surface area contributed by atoms with E-state index >= 15 is 0 Å². The van der Waals surface area contributed by atoms with E-state index in [-0.39, 0.29) is 25.7 Å². The van der Waals surface area contributed by atoms with Crippen molar-refractivity contribution in [3.8, 4) is 0 Å². The van der Waals surface area contributed by atoms with Gasteiger partial charge in [-0.1, -0.05) is 310 Å². The highest BCUT2D eigenvalue weighted by Crippen LogP contribution is 2.45. The Balaban J connectivity index is 5.27. The molecule has 0 aromatic carbocycles. The Morgan fingerprint density at radius 3 is 0.937 bits per heavy atom. The lowest BCUT2D eigenvalue weighted by Crippen LogP contribution is -2.30. The van der Waals surface area contributed by atoms with Crippen molar-refractivity contribution in [2.24, 2.45) is 17.8 Å². The molecule has 0 aliphatic carbocycles. The summed E-state index contributed by atoms with van der Waals surface area (Å²) < 4.78 is 68.5. The number of unbranched alkanes of at least 4 members (excludes halogenated alkanes) is 36. The summed E-state index contributed by atoms with van der Waals surface area (Å²) in [5.74, 6) is 0.129. The van der Waals surface area contributed by atoms with E-state index in [2.05, 4.69) is 72.8 Å². The quantitative estimate of drug-likeness (QED) is 0.0169. The van der Waals surface area contributed by atoms with Crippen molar-refractivity contribution in [2.75, 3.05) is 39.6 Å². The zero-order valence-electron chi connectivity index (χ0n) is 61.6. The summed E-state index contributed by atoms with van der Waals surface area (Å²) in [6.07, 6.45) is 54.9. The largest absolute Gasteiger partial charge is 0.472 e. The molecule has 0 heterocycles. The first-order chi connectivity index (χ1) is 45.8. The third-order valence-electron chi connectivity index (χ3n) is 17.4. The molecular formula is C76H144O17P2. The van der Waals surface area contributed by atoms with Gasteiger partial charge >= 0.3 is 39.5 Å². The summed E-state index contributed by atoms with van der Waals surface area (Å²) in [6.45, 7) is 11.8. The zero-order valence-corrected chi connectivity index (χ0v) is 63.4. The minimum absolute atomic E-state index is 0.0842. The molecule has 560 valence electrons. The molecule has 0 amide bonds.